The normalized spacial score (nSPS) is 16.2. The first kappa shape index (κ1) is 10.9. The number of benzene rings is 1. The van der Waals surface area contributed by atoms with Crippen LogP contribution in [0.15, 0.2) is 24.3 Å². The van der Waals surface area contributed by atoms with Crippen molar-refractivity contribution in [1.29, 1.82) is 0 Å². The van der Waals surface area contributed by atoms with Crippen molar-refractivity contribution < 1.29 is 14.3 Å². The molecule has 0 heterocycles. The van der Waals surface area contributed by atoms with E-state index >= 15 is 0 Å². The summed E-state index contributed by atoms with van der Waals surface area (Å²) in [6.45, 7) is 1.97. The fourth-order valence-electron chi connectivity index (χ4n) is 2.08. The molecule has 1 atom stereocenters. The fraction of sp³-hybridized carbons (Fsp3) is 0.308. The number of allylic oxidation sites excluding steroid dienone is 1. The molecule has 1 aliphatic rings. The number of carboxylic acid groups (broad SMARTS) is 1. The summed E-state index contributed by atoms with van der Waals surface area (Å²) in [6, 6.07) is 5.69. The number of aryl methyl sites for hydroxylation is 2. The zero-order chi connectivity index (χ0) is 11.7. The molecular weight excluding hydrogens is 207 g/mol. The predicted octanol–water partition coefficient (Wildman–Crippen LogP) is 2.75. The molecule has 16 heavy (non-hydrogen) atoms. The number of hydrogen-bond donors (Lipinski definition) is 1. The van der Waals surface area contributed by atoms with Crippen molar-refractivity contribution >= 4 is 11.5 Å². The van der Waals surface area contributed by atoms with Crippen molar-refractivity contribution in [3.63, 3.8) is 0 Å². The van der Waals surface area contributed by atoms with Gasteiger partial charge in [0.2, 0.25) is 6.17 Å². The van der Waals surface area contributed by atoms with Crippen LogP contribution in [-0.2, 0) is 11.2 Å². The number of fused-ring (bicyclic) bond motifs is 1. The lowest BCUT2D eigenvalue weighted by Gasteiger charge is -2.19. The van der Waals surface area contributed by atoms with Gasteiger partial charge >= 0.3 is 5.97 Å². The highest BCUT2D eigenvalue weighted by atomic mass is 19.1. The van der Waals surface area contributed by atoms with Gasteiger partial charge in [-0.3, -0.25) is 0 Å². The molecule has 2 rings (SSSR count). The van der Waals surface area contributed by atoms with Crippen molar-refractivity contribution in [2.24, 2.45) is 0 Å². The average molecular weight is 220 g/mol. The lowest BCUT2D eigenvalue weighted by Crippen LogP contribution is -2.18. The Labute approximate surface area is 93.4 Å². The van der Waals surface area contributed by atoms with Crippen LogP contribution in [0.2, 0.25) is 0 Å². The van der Waals surface area contributed by atoms with Crippen molar-refractivity contribution in [3.8, 4) is 0 Å². The van der Waals surface area contributed by atoms with Crippen LogP contribution < -0.4 is 0 Å². The number of hydrogen-bond acceptors (Lipinski definition) is 1. The standard InChI is InChI=1S/C13H13FO2/c1-8-5-6-10-9(7-8)3-2-4-11(10)12(14)13(15)16/h4-7,12H,2-3H2,1H3,(H,15,16). The molecule has 3 heteroatoms. The van der Waals surface area contributed by atoms with E-state index in [0.29, 0.717) is 12.0 Å². The molecule has 1 unspecified atom stereocenters. The van der Waals surface area contributed by atoms with Crippen molar-refractivity contribution in [2.45, 2.75) is 25.9 Å². The van der Waals surface area contributed by atoms with Gasteiger partial charge in [0.05, 0.1) is 0 Å². The summed E-state index contributed by atoms with van der Waals surface area (Å²) in [5.74, 6) is -1.42. The van der Waals surface area contributed by atoms with Gasteiger partial charge in [-0.1, -0.05) is 29.8 Å². The molecule has 0 amide bonds. The molecule has 0 spiro atoms. The molecule has 2 nitrogen and oxygen atoms in total. The Morgan fingerprint density at radius 1 is 1.50 bits per heavy atom. The van der Waals surface area contributed by atoms with E-state index < -0.39 is 12.1 Å². The maximum Gasteiger partial charge on any atom is 0.343 e. The number of rotatable bonds is 2. The van der Waals surface area contributed by atoms with Crippen LogP contribution in [0.25, 0.3) is 5.57 Å². The number of carboxylic acids is 1. The maximum atomic E-state index is 13.5. The first-order valence-electron chi connectivity index (χ1n) is 5.26. The average Bonchev–Trinajstić information content (AvgIpc) is 2.26. The second-order valence-electron chi connectivity index (χ2n) is 4.06. The molecule has 0 saturated carbocycles. The van der Waals surface area contributed by atoms with E-state index in [2.05, 4.69) is 0 Å². The van der Waals surface area contributed by atoms with Gasteiger partial charge in [-0.15, -0.1) is 0 Å². The summed E-state index contributed by atoms with van der Waals surface area (Å²) in [6.07, 6.45) is 1.34. The van der Waals surface area contributed by atoms with Gasteiger partial charge in [0.1, 0.15) is 0 Å². The van der Waals surface area contributed by atoms with Crippen LogP contribution in [0.4, 0.5) is 4.39 Å². The molecule has 0 bridgehead atoms. The predicted molar refractivity (Wildman–Crippen MR) is 60.0 cm³/mol. The third-order valence-corrected chi connectivity index (χ3v) is 2.84. The van der Waals surface area contributed by atoms with Crippen LogP contribution >= 0.6 is 0 Å². The van der Waals surface area contributed by atoms with E-state index in [1.54, 1.807) is 6.08 Å². The quantitative estimate of drug-likeness (QED) is 0.832. The monoisotopic (exact) mass is 220 g/mol. The lowest BCUT2D eigenvalue weighted by atomic mass is 9.87. The van der Waals surface area contributed by atoms with Crippen LogP contribution in [0.5, 0.6) is 0 Å². The second-order valence-corrected chi connectivity index (χ2v) is 4.06. The van der Waals surface area contributed by atoms with Crippen LogP contribution in [0.1, 0.15) is 23.1 Å². The highest BCUT2D eigenvalue weighted by molar-refractivity contribution is 5.91. The summed E-state index contributed by atoms with van der Waals surface area (Å²) in [5.41, 5.74) is 3.20. The topological polar surface area (TPSA) is 37.3 Å². The molecule has 0 radical (unpaired) electrons. The third-order valence-electron chi connectivity index (χ3n) is 2.84. The van der Waals surface area contributed by atoms with E-state index in [-0.39, 0.29) is 0 Å². The molecule has 1 aromatic carbocycles. The van der Waals surface area contributed by atoms with E-state index in [1.165, 1.54) is 0 Å². The third kappa shape index (κ3) is 1.85. The van der Waals surface area contributed by atoms with E-state index in [0.717, 1.165) is 23.1 Å². The maximum absolute atomic E-state index is 13.5. The summed E-state index contributed by atoms with van der Waals surface area (Å²) < 4.78 is 13.5. The molecule has 0 aliphatic heterocycles. The van der Waals surface area contributed by atoms with E-state index in [9.17, 15) is 9.18 Å². The van der Waals surface area contributed by atoms with E-state index in [4.69, 9.17) is 5.11 Å². The Bertz CT molecular complexity index is 463. The fourth-order valence-corrected chi connectivity index (χ4v) is 2.08. The van der Waals surface area contributed by atoms with Gasteiger partial charge in [-0.25, -0.2) is 9.18 Å². The molecule has 84 valence electrons. The Hall–Kier alpha value is -1.64. The minimum atomic E-state index is -1.92. The molecule has 1 aliphatic carbocycles. The smallest absolute Gasteiger partial charge is 0.343 e. The summed E-state index contributed by atoms with van der Waals surface area (Å²) in [4.78, 5) is 10.7. The SMILES string of the molecule is Cc1ccc2c(c1)CCC=C2C(F)C(=O)O. The van der Waals surface area contributed by atoms with Gasteiger partial charge in [0.15, 0.2) is 0 Å². The number of aliphatic carboxylic acids is 1. The molecule has 0 fully saturated rings. The Balaban J connectivity index is 2.44. The molecule has 1 N–H and O–H groups in total. The Morgan fingerprint density at radius 2 is 2.25 bits per heavy atom. The molecular formula is C13H13FO2. The Kier molecular flexibility index (Phi) is 2.77. The first-order chi connectivity index (χ1) is 7.59. The van der Waals surface area contributed by atoms with Crippen molar-refractivity contribution in [1.82, 2.24) is 0 Å². The largest absolute Gasteiger partial charge is 0.479 e. The van der Waals surface area contributed by atoms with E-state index in [1.807, 2.05) is 25.1 Å². The summed E-state index contributed by atoms with van der Waals surface area (Å²) >= 11 is 0. The Morgan fingerprint density at radius 3 is 2.94 bits per heavy atom. The molecule has 0 aromatic heterocycles. The number of alkyl halides is 1. The van der Waals surface area contributed by atoms with Crippen LogP contribution in [0.3, 0.4) is 0 Å². The van der Waals surface area contributed by atoms with Gasteiger partial charge in [-0.05, 0) is 30.9 Å². The molecule has 0 saturated heterocycles. The minimum absolute atomic E-state index is 0.300. The highest BCUT2D eigenvalue weighted by Crippen LogP contribution is 2.30. The lowest BCUT2D eigenvalue weighted by molar-refractivity contribution is -0.140. The van der Waals surface area contributed by atoms with Crippen LogP contribution in [0, 0.1) is 6.92 Å². The zero-order valence-corrected chi connectivity index (χ0v) is 9.03. The van der Waals surface area contributed by atoms with Gasteiger partial charge in [0.25, 0.3) is 0 Å². The van der Waals surface area contributed by atoms with Crippen molar-refractivity contribution in [3.05, 3.63) is 41.0 Å². The van der Waals surface area contributed by atoms with Gasteiger partial charge in [0, 0.05) is 5.57 Å². The van der Waals surface area contributed by atoms with Gasteiger partial charge < -0.3 is 5.11 Å². The summed E-state index contributed by atoms with van der Waals surface area (Å²) in [5, 5.41) is 8.70. The number of halogens is 1. The van der Waals surface area contributed by atoms with Crippen molar-refractivity contribution in [2.75, 3.05) is 0 Å². The van der Waals surface area contributed by atoms with Crippen LogP contribution in [-0.4, -0.2) is 17.2 Å². The second kappa shape index (κ2) is 4.08. The minimum Gasteiger partial charge on any atom is -0.479 e. The highest BCUT2D eigenvalue weighted by Gasteiger charge is 2.25. The van der Waals surface area contributed by atoms with Gasteiger partial charge in [-0.2, -0.15) is 0 Å². The number of carbonyl (C=O) groups is 1. The first-order valence-corrected chi connectivity index (χ1v) is 5.26. The zero-order valence-electron chi connectivity index (χ0n) is 9.03. The summed E-state index contributed by atoms with van der Waals surface area (Å²) in [7, 11) is 0. The molecule has 1 aromatic rings.